The van der Waals surface area contributed by atoms with E-state index < -0.39 is 17.9 Å². The number of carbonyl (C=O) groups is 2. The summed E-state index contributed by atoms with van der Waals surface area (Å²) in [6, 6.07) is 30.6. The van der Waals surface area contributed by atoms with E-state index in [9.17, 15) is 14.7 Å². The molecule has 188 valence electrons. The molecule has 0 fully saturated rings. The van der Waals surface area contributed by atoms with E-state index in [1.54, 1.807) is 36.4 Å². The fourth-order valence-electron chi connectivity index (χ4n) is 3.67. The maximum absolute atomic E-state index is 12.4. The average molecular weight is 516 g/mol. The largest absolute Gasteiger partial charge is 0.489 e. The minimum absolute atomic E-state index is 0.135. The third-order valence-corrected chi connectivity index (χ3v) is 5.90. The van der Waals surface area contributed by atoms with E-state index in [4.69, 9.17) is 21.1 Å². The van der Waals surface area contributed by atoms with Crippen molar-refractivity contribution in [3.63, 3.8) is 0 Å². The number of aliphatic carboxylic acids is 1. The molecule has 1 atom stereocenters. The van der Waals surface area contributed by atoms with Gasteiger partial charge in [0.25, 0.3) is 5.91 Å². The van der Waals surface area contributed by atoms with Crippen molar-refractivity contribution < 1.29 is 24.2 Å². The van der Waals surface area contributed by atoms with E-state index in [0.29, 0.717) is 23.1 Å². The fraction of sp³-hybridized carbons (Fsp3) is 0.133. The molecule has 0 saturated carbocycles. The molecule has 0 bridgehead atoms. The van der Waals surface area contributed by atoms with Crippen LogP contribution in [-0.2, 0) is 22.6 Å². The summed E-state index contributed by atoms with van der Waals surface area (Å²) in [5.41, 5.74) is 3.81. The van der Waals surface area contributed by atoms with Gasteiger partial charge in [0.2, 0.25) is 0 Å². The molecule has 4 aromatic carbocycles. The van der Waals surface area contributed by atoms with E-state index in [-0.39, 0.29) is 13.0 Å². The Morgan fingerprint density at radius 2 is 1.30 bits per heavy atom. The zero-order valence-electron chi connectivity index (χ0n) is 20.0. The number of hydrogen-bond acceptors (Lipinski definition) is 4. The molecule has 0 saturated heterocycles. The summed E-state index contributed by atoms with van der Waals surface area (Å²) in [6.45, 7) is 0.147. The summed E-state index contributed by atoms with van der Waals surface area (Å²) in [7, 11) is 0. The van der Waals surface area contributed by atoms with Gasteiger partial charge in [0.1, 0.15) is 24.1 Å². The highest BCUT2D eigenvalue weighted by atomic mass is 35.5. The topological polar surface area (TPSA) is 84.9 Å². The Bertz CT molecular complexity index is 1310. The van der Waals surface area contributed by atoms with Crippen LogP contribution >= 0.6 is 11.6 Å². The van der Waals surface area contributed by atoms with Crippen LogP contribution < -0.4 is 14.8 Å². The number of carboxylic acid groups (broad SMARTS) is 1. The molecule has 0 heterocycles. The number of rotatable bonds is 11. The van der Waals surface area contributed by atoms with Gasteiger partial charge in [-0.2, -0.15) is 0 Å². The summed E-state index contributed by atoms with van der Waals surface area (Å²) in [5.74, 6) is -0.452. The number of carboxylic acids is 1. The minimum Gasteiger partial charge on any atom is -0.489 e. The third-order valence-electron chi connectivity index (χ3n) is 5.65. The lowest BCUT2D eigenvalue weighted by Gasteiger charge is -2.15. The van der Waals surface area contributed by atoms with E-state index in [1.165, 1.54) is 0 Å². The van der Waals surface area contributed by atoms with Gasteiger partial charge in [-0.3, -0.25) is 4.79 Å². The number of nitrogens with one attached hydrogen (secondary N) is 1. The minimum atomic E-state index is -1.12. The predicted octanol–water partition coefficient (Wildman–Crippen LogP) is 5.78. The molecule has 2 N–H and O–H groups in total. The second-order valence-corrected chi connectivity index (χ2v) is 8.84. The zero-order valence-corrected chi connectivity index (χ0v) is 20.7. The summed E-state index contributed by atoms with van der Waals surface area (Å²) in [5, 5.41) is 12.8. The molecular weight excluding hydrogens is 490 g/mol. The van der Waals surface area contributed by atoms with Gasteiger partial charge in [-0.15, -0.1) is 0 Å². The molecule has 0 aliphatic carbocycles. The van der Waals surface area contributed by atoms with Gasteiger partial charge in [0.15, 0.2) is 6.61 Å². The first kappa shape index (κ1) is 25.8. The first-order valence-electron chi connectivity index (χ1n) is 11.7. The average Bonchev–Trinajstić information content (AvgIpc) is 2.92. The first-order chi connectivity index (χ1) is 18.0. The van der Waals surface area contributed by atoms with Crippen LogP contribution in [0.3, 0.4) is 0 Å². The SMILES string of the molecule is O=C(COc1ccc(-c2ccc(Cl)cc2)cc1)N[C@@H](Cc1ccc(OCc2ccccc2)cc1)C(=O)O. The number of benzene rings is 4. The van der Waals surface area contributed by atoms with E-state index >= 15 is 0 Å². The second-order valence-electron chi connectivity index (χ2n) is 8.40. The van der Waals surface area contributed by atoms with Crippen molar-refractivity contribution >= 4 is 23.5 Å². The normalized spacial score (nSPS) is 11.4. The van der Waals surface area contributed by atoms with Crippen LogP contribution in [0.15, 0.2) is 103 Å². The van der Waals surface area contributed by atoms with Gasteiger partial charge in [-0.25, -0.2) is 4.79 Å². The Labute approximate surface area is 220 Å². The molecule has 0 spiro atoms. The third kappa shape index (κ3) is 7.85. The van der Waals surface area contributed by atoms with Gasteiger partial charge in [0, 0.05) is 11.4 Å². The standard InChI is InChI=1S/C30H26ClNO5/c31-25-12-8-23(9-13-25)24-10-16-27(17-11-24)37-20-29(33)32-28(30(34)35)18-21-6-14-26(15-7-21)36-19-22-4-2-1-3-5-22/h1-17,28H,18-20H2,(H,32,33)(H,34,35)/t28-/m0/s1. The van der Waals surface area contributed by atoms with Crippen molar-refractivity contribution in [2.45, 2.75) is 19.1 Å². The molecule has 0 unspecified atom stereocenters. The predicted molar refractivity (Wildman–Crippen MR) is 143 cm³/mol. The van der Waals surface area contributed by atoms with Crippen LogP contribution in [0.2, 0.25) is 5.02 Å². The first-order valence-corrected chi connectivity index (χ1v) is 12.1. The van der Waals surface area contributed by atoms with Gasteiger partial charge in [-0.1, -0.05) is 78.3 Å². The molecule has 0 aromatic heterocycles. The van der Waals surface area contributed by atoms with Gasteiger partial charge < -0.3 is 19.9 Å². The van der Waals surface area contributed by atoms with Crippen molar-refractivity contribution in [2.24, 2.45) is 0 Å². The Balaban J connectivity index is 1.26. The van der Waals surface area contributed by atoms with Crippen molar-refractivity contribution in [3.8, 4) is 22.6 Å². The quantitative estimate of drug-likeness (QED) is 0.264. The fourth-order valence-corrected chi connectivity index (χ4v) is 3.80. The number of carbonyl (C=O) groups excluding carboxylic acids is 1. The second kappa shape index (κ2) is 12.6. The molecule has 4 aromatic rings. The molecule has 4 rings (SSSR count). The Hall–Kier alpha value is -4.29. The smallest absolute Gasteiger partial charge is 0.326 e. The highest BCUT2D eigenvalue weighted by Crippen LogP contribution is 2.24. The summed E-state index contributed by atoms with van der Waals surface area (Å²) in [6.07, 6.45) is 0.135. The van der Waals surface area contributed by atoms with Gasteiger partial charge in [0.05, 0.1) is 0 Å². The van der Waals surface area contributed by atoms with E-state index in [1.807, 2.05) is 66.7 Å². The van der Waals surface area contributed by atoms with Crippen LogP contribution in [0.1, 0.15) is 11.1 Å². The Morgan fingerprint density at radius 3 is 1.92 bits per heavy atom. The van der Waals surface area contributed by atoms with E-state index in [0.717, 1.165) is 22.3 Å². The lowest BCUT2D eigenvalue weighted by molar-refractivity contribution is -0.142. The summed E-state index contributed by atoms with van der Waals surface area (Å²) in [4.78, 5) is 24.1. The van der Waals surface area contributed by atoms with Crippen LogP contribution in [0.5, 0.6) is 11.5 Å². The molecule has 0 aliphatic heterocycles. The Kier molecular flexibility index (Phi) is 8.79. The molecule has 37 heavy (non-hydrogen) atoms. The van der Waals surface area contributed by atoms with Crippen LogP contribution in [0, 0.1) is 0 Å². The van der Waals surface area contributed by atoms with Crippen LogP contribution in [-0.4, -0.2) is 29.6 Å². The van der Waals surface area contributed by atoms with Crippen molar-refractivity contribution in [3.05, 3.63) is 119 Å². The number of amides is 1. The van der Waals surface area contributed by atoms with Gasteiger partial charge >= 0.3 is 5.97 Å². The van der Waals surface area contributed by atoms with Crippen molar-refractivity contribution in [2.75, 3.05) is 6.61 Å². The van der Waals surface area contributed by atoms with E-state index in [2.05, 4.69) is 5.32 Å². The summed E-state index contributed by atoms with van der Waals surface area (Å²) >= 11 is 5.93. The highest BCUT2D eigenvalue weighted by Gasteiger charge is 2.20. The highest BCUT2D eigenvalue weighted by molar-refractivity contribution is 6.30. The molecule has 0 radical (unpaired) electrons. The molecule has 0 aliphatic rings. The molecule has 7 heteroatoms. The maximum atomic E-state index is 12.4. The van der Waals surface area contributed by atoms with Crippen molar-refractivity contribution in [1.29, 1.82) is 0 Å². The van der Waals surface area contributed by atoms with Crippen molar-refractivity contribution in [1.82, 2.24) is 5.32 Å². The molecule has 6 nitrogen and oxygen atoms in total. The van der Waals surface area contributed by atoms with Crippen LogP contribution in [0.4, 0.5) is 0 Å². The monoisotopic (exact) mass is 515 g/mol. The molecular formula is C30H26ClNO5. The number of hydrogen-bond donors (Lipinski definition) is 2. The maximum Gasteiger partial charge on any atom is 0.326 e. The summed E-state index contributed by atoms with van der Waals surface area (Å²) < 4.78 is 11.3. The lowest BCUT2D eigenvalue weighted by atomic mass is 10.1. The number of halogens is 1. The van der Waals surface area contributed by atoms with Gasteiger partial charge in [-0.05, 0) is 58.7 Å². The van der Waals surface area contributed by atoms with Crippen LogP contribution in [0.25, 0.3) is 11.1 Å². The number of ether oxygens (including phenoxy) is 2. The molecule has 1 amide bonds. The lowest BCUT2D eigenvalue weighted by Crippen LogP contribution is -2.44. The Morgan fingerprint density at radius 1 is 0.730 bits per heavy atom. The zero-order chi connectivity index (χ0) is 26.0.